The van der Waals surface area contributed by atoms with Gasteiger partial charge in [0.25, 0.3) is 0 Å². The van der Waals surface area contributed by atoms with Gasteiger partial charge in [-0.1, -0.05) is 0 Å². The first-order valence-electron chi connectivity index (χ1n) is 18.5. The van der Waals surface area contributed by atoms with E-state index in [1.54, 1.807) is 25.6 Å². The SMILES string of the molecule is COc1cc2ncnc(Oc3cnc4[nH]ccc4c3)c2cc1O.COc1cc2ncnc(Oc3cnc4[nH]ccc4c3)c2cc1OCCCN1CCN(OOSC)CC1. The topological polar surface area (TPSA) is 200 Å². The third kappa shape index (κ3) is 9.29. The van der Waals surface area contributed by atoms with Gasteiger partial charge >= 0.3 is 0 Å². The van der Waals surface area contributed by atoms with Gasteiger partial charge in [-0.25, -0.2) is 29.9 Å². The number of phenolic OH excluding ortho intramolecular Hbond substituents is 1. The highest BCUT2D eigenvalue weighted by molar-refractivity contribution is 7.93. The number of H-pyrrole nitrogens is 2. The van der Waals surface area contributed by atoms with Gasteiger partial charge in [-0.05, 0) is 42.8 Å². The Labute approximate surface area is 341 Å². The molecule has 3 N–H and O–H groups in total. The zero-order chi connectivity index (χ0) is 40.6. The summed E-state index contributed by atoms with van der Waals surface area (Å²) in [5.74, 6) is 3.48. The predicted molar refractivity (Wildman–Crippen MR) is 220 cm³/mol. The molecule has 2 aromatic carbocycles. The molecule has 19 heteroatoms. The van der Waals surface area contributed by atoms with E-state index < -0.39 is 0 Å². The van der Waals surface area contributed by atoms with Crippen LogP contribution in [0.15, 0.2) is 86.0 Å². The number of hydroxylamine groups is 2. The van der Waals surface area contributed by atoms with Crippen molar-refractivity contribution in [2.24, 2.45) is 0 Å². The van der Waals surface area contributed by atoms with Crippen LogP contribution >= 0.6 is 12.0 Å². The second kappa shape index (κ2) is 18.4. The number of hydrogen-bond donors (Lipinski definition) is 3. The molecule has 1 saturated heterocycles. The maximum Gasteiger partial charge on any atom is 0.230 e. The number of piperazine rings is 1. The van der Waals surface area contributed by atoms with Crippen LogP contribution in [-0.2, 0) is 9.32 Å². The molecular weight excluding hydrogens is 781 g/mol. The molecule has 0 amide bonds. The van der Waals surface area contributed by atoms with Crippen molar-refractivity contribution in [1.82, 2.24) is 49.8 Å². The van der Waals surface area contributed by atoms with Crippen molar-refractivity contribution in [2.45, 2.75) is 6.42 Å². The molecular formula is C40H40N10O8S. The van der Waals surface area contributed by atoms with Gasteiger partial charge in [-0.15, -0.1) is 9.32 Å². The number of pyridine rings is 2. The molecule has 0 radical (unpaired) electrons. The molecule has 0 spiro atoms. The molecule has 8 aromatic rings. The summed E-state index contributed by atoms with van der Waals surface area (Å²) in [5, 5.41) is 15.0. The van der Waals surface area contributed by atoms with E-state index in [4.69, 9.17) is 33.0 Å². The number of nitrogens with one attached hydrogen (secondary N) is 2. The number of fused-ring (bicyclic) bond motifs is 4. The van der Waals surface area contributed by atoms with Crippen molar-refractivity contribution in [3.63, 3.8) is 0 Å². The van der Waals surface area contributed by atoms with Gasteiger partial charge in [0.2, 0.25) is 11.8 Å². The van der Waals surface area contributed by atoms with E-state index in [1.807, 2.05) is 60.1 Å². The summed E-state index contributed by atoms with van der Waals surface area (Å²) in [6, 6.07) is 14.5. The summed E-state index contributed by atoms with van der Waals surface area (Å²) in [4.78, 5) is 39.4. The Hall–Kier alpha value is -6.51. The van der Waals surface area contributed by atoms with E-state index in [-0.39, 0.29) is 5.75 Å². The monoisotopic (exact) mass is 820 g/mol. The molecule has 1 fully saturated rings. The van der Waals surface area contributed by atoms with Gasteiger partial charge in [0.15, 0.2) is 23.0 Å². The summed E-state index contributed by atoms with van der Waals surface area (Å²) in [7, 11) is 3.10. The normalized spacial score (nSPS) is 13.4. The quantitative estimate of drug-likeness (QED) is 0.0445. The Morgan fingerprint density at radius 3 is 1.88 bits per heavy atom. The first-order valence-corrected chi connectivity index (χ1v) is 19.7. The summed E-state index contributed by atoms with van der Waals surface area (Å²) in [6.45, 7) is 4.91. The zero-order valence-electron chi connectivity index (χ0n) is 32.3. The largest absolute Gasteiger partial charge is 0.504 e. The van der Waals surface area contributed by atoms with Crippen LogP contribution in [0.5, 0.6) is 46.3 Å². The number of aromatic nitrogens is 8. The first kappa shape index (κ1) is 39.3. The number of hydrogen-bond acceptors (Lipinski definition) is 17. The van der Waals surface area contributed by atoms with Gasteiger partial charge in [-0.2, -0.15) is 5.06 Å². The van der Waals surface area contributed by atoms with E-state index in [1.165, 1.54) is 37.9 Å². The van der Waals surface area contributed by atoms with Crippen LogP contribution < -0.4 is 23.7 Å². The van der Waals surface area contributed by atoms with E-state index >= 15 is 0 Å². The molecule has 6 aromatic heterocycles. The minimum absolute atomic E-state index is 0.00105. The molecule has 0 bridgehead atoms. The molecule has 0 unspecified atom stereocenters. The van der Waals surface area contributed by atoms with Crippen molar-refractivity contribution in [1.29, 1.82) is 0 Å². The van der Waals surface area contributed by atoms with Crippen molar-refractivity contribution < 1.29 is 38.1 Å². The van der Waals surface area contributed by atoms with E-state index in [9.17, 15) is 5.11 Å². The number of phenols is 1. The number of benzene rings is 2. The summed E-state index contributed by atoms with van der Waals surface area (Å²) >= 11 is 1.19. The molecule has 0 atom stereocenters. The Bertz CT molecular complexity index is 2670. The van der Waals surface area contributed by atoms with E-state index in [0.717, 1.165) is 66.6 Å². The molecule has 0 saturated carbocycles. The van der Waals surface area contributed by atoms with Crippen LogP contribution in [-0.4, -0.2) is 115 Å². The molecule has 7 heterocycles. The van der Waals surface area contributed by atoms with Crippen LogP contribution in [0.2, 0.25) is 0 Å². The van der Waals surface area contributed by atoms with E-state index in [2.05, 4.69) is 44.8 Å². The molecule has 1 aliphatic heterocycles. The van der Waals surface area contributed by atoms with E-state index in [0.29, 0.717) is 63.5 Å². The lowest BCUT2D eigenvalue weighted by atomic mass is 10.2. The molecule has 18 nitrogen and oxygen atoms in total. The Balaban J connectivity index is 0.000000180. The average Bonchev–Trinajstić information content (AvgIpc) is 3.94. The molecule has 304 valence electrons. The molecule has 1 aliphatic rings. The van der Waals surface area contributed by atoms with Crippen LogP contribution in [0.25, 0.3) is 43.9 Å². The highest BCUT2D eigenvalue weighted by atomic mass is 32.2. The number of ether oxygens (including phenoxy) is 5. The minimum atomic E-state index is -0.00105. The van der Waals surface area contributed by atoms with Crippen LogP contribution in [0.1, 0.15) is 6.42 Å². The second-order valence-electron chi connectivity index (χ2n) is 13.1. The lowest BCUT2D eigenvalue weighted by molar-refractivity contribution is -0.365. The second-order valence-corrected chi connectivity index (χ2v) is 13.5. The maximum atomic E-state index is 9.96. The van der Waals surface area contributed by atoms with Gasteiger partial charge in [0, 0.05) is 86.3 Å². The lowest BCUT2D eigenvalue weighted by Crippen LogP contribution is -2.46. The summed E-state index contributed by atoms with van der Waals surface area (Å²) < 4.78 is 33.6. The maximum absolute atomic E-state index is 9.96. The zero-order valence-corrected chi connectivity index (χ0v) is 33.1. The lowest BCUT2D eigenvalue weighted by Gasteiger charge is -2.32. The number of nitrogens with zero attached hydrogens (tertiary/aromatic N) is 8. The van der Waals surface area contributed by atoms with Gasteiger partial charge < -0.3 is 43.7 Å². The third-order valence-corrected chi connectivity index (χ3v) is 9.57. The van der Waals surface area contributed by atoms with Crippen LogP contribution in [0.3, 0.4) is 0 Å². The fraction of sp³-hybridized carbons (Fsp3) is 0.250. The highest BCUT2D eigenvalue weighted by Gasteiger charge is 2.19. The Kier molecular flexibility index (Phi) is 12.3. The van der Waals surface area contributed by atoms with Crippen LogP contribution in [0.4, 0.5) is 0 Å². The summed E-state index contributed by atoms with van der Waals surface area (Å²) in [6.07, 6.45) is 12.5. The number of aromatic amines is 2. The average molecular weight is 821 g/mol. The number of rotatable bonds is 14. The first-order chi connectivity index (χ1) is 29.0. The molecule has 59 heavy (non-hydrogen) atoms. The highest BCUT2D eigenvalue weighted by Crippen LogP contribution is 2.37. The standard InChI is InChI=1S/C24H28N6O5S.C16H12N4O3/c1-31-21-14-20-19(24(28-16-27-20)33-18-12-17-4-5-25-23(17)26-15-18)13-22(21)32-11-3-6-29-7-9-30(10-8-29)34-35-36-2;1-22-14-6-12-11(5-13(14)21)16(20-8-19-12)23-10-4-9-2-3-17-15(9)18-7-10/h4-5,12-16H,3,6-11H2,1-2H3,(H,25,26);2-8,21H,1H3,(H,17,18). The van der Waals surface area contributed by atoms with Crippen molar-refractivity contribution in [2.75, 3.05) is 59.8 Å². The van der Waals surface area contributed by atoms with Gasteiger partial charge in [0.1, 0.15) is 35.4 Å². The Morgan fingerprint density at radius 2 is 1.29 bits per heavy atom. The van der Waals surface area contributed by atoms with Crippen molar-refractivity contribution in [3.8, 4) is 46.3 Å². The Morgan fingerprint density at radius 1 is 0.695 bits per heavy atom. The smallest absolute Gasteiger partial charge is 0.230 e. The number of aromatic hydroxyl groups is 1. The summed E-state index contributed by atoms with van der Waals surface area (Å²) in [5.41, 5.74) is 2.90. The van der Waals surface area contributed by atoms with Crippen molar-refractivity contribution in [3.05, 3.63) is 86.0 Å². The third-order valence-electron chi connectivity index (χ3n) is 9.37. The van der Waals surface area contributed by atoms with Gasteiger partial charge in [-0.3, -0.25) is 0 Å². The number of methoxy groups -OCH3 is 2. The van der Waals surface area contributed by atoms with Gasteiger partial charge in [0.05, 0.1) is 55.0 Å². The van der Waals surface area contributed by atoms with Crippen LogP contribution in [0, 0.1) is 0 Å². The minimum Gasteiger partial charge on any atom is -0.504 e. The molecule has 9 rings (SSSR count). The predicted octanol–water partition coefficient (Wildman–Crippen LogP) is 6.85. The van der Waals surface area contributed by atoms with Crippen molar-refractivity contribution >= 4 is 55.9 Å². The fourth-order valence-corrected chi connectivity index (χ4v) is 6.58. The molecule has 0 aliphatic carbocycles. The fourth-order valence-electron chi connectivity index (χ4n) is 6.43.